The summed E-state index contributed by atoms with van der Waals surface area (Å²) >= 11 is 0. The van der Waals surface area contributed by atoms with Crippen LogP contribution in [0.15, 0.2) is 24.3 Å². The molecule has 0 amide bonds. The van der Waals surface area contributed by atoms with Crippen LogP contribution in [0.3, 0.4) is 0 Å². The number of halogens is 1. The molecule has 0 fully saturated rings. The summed E-state index contributed by atoms with van der Waals surface area (Å²) in [4.78, 5) is 0. The highest BCUT2D eigenvalue weighted by atomic mass is 19.1. The van der Waals surface area contributed by atoms with Crippen LogP contribution in [-0.4, -0.2) is 14.9 Å². The molecule has 0 aliphatic rings. The van der Waals surface area contributed by atoms with Crippen LogP contribution in [-0.2, 0) is 19.6 Å². The second-order valence-corrected chi connectivity index (χ2v) is 4.94. The van der Waals surface area contributed by atoms with Crippen LogP contribution in [0.4, 0.5) is 4.39 Å². The number of aryl methyl sites for hydroxylation is 2. The fourth-order valence-electron chi connectivity index (χ4n) is 2.17. The molecule has 1 aromatic carbocycles. The Morgan fingerprint density at radius 2 is 2.10 bits per heavy atom. The molecule has 4 nitrogen and oxygen atoms in total. The molecule has 0 spiro atoms. The van der Waals surface area contributed by atoms with Gasteiger partial charge >= 0.3 is 0 Å². The number of hydrogen-bond donors (Lipinski definition) is 1. The highest BCUT2D eigenvalue weighted by molar-refractivity contribution is 5.30. The van der Waals surface area contributed by atoms with E-state index in [2.05, 4.69) is 12.0 Å². The molecule has 0 aliphatic heterocycles. The number of ether oxygens (including phenoxy) is 1. The van der Waals surface area contributed by atoms with E-state index in [1.165, 1.54) is 13.0 Å². The van der Waals surface area contributed by atoms with Gasteiger partial charge in [-0.05, 0) is 38.5 Å². The van der Waals surface area contributed by atoms with Crippen molar-refractivity contribution in [1.29, 1.82) is 0 Å². The predicted molar refractivity (Wildman–Crippen MR) is 78.6 cm³/mol. The smallest absolute Gasteiger partial charge is 0.132 e. The molecule has 0 saturated heterocycles. The number of aliphatic hydroxyl groups excluding tert-OH is 1. The molecule has 2 aromatic rings. The van der Waals surface area contributed by atoms with Gasteiger partial charge in [-0.3, -0.25) is 4.68 Å². The Labute approximate surface area is 124 Å². The van der Waals surface area contributed by atoms with Gasteiger partial charge in [0.2, 0.25) is 0 Å². The van der Waals surface area contributed by atoms with Crippen LogP contribution in [0.1, 0.15) is 43.8 Å². The summed E-state index contributed by atoms with van der Waals surface area (Å²) in [6.07, 6.45) is 0.0465. The van der Waals surface area contributed by atoms with Crippen LogP contribution >= 0.6 is 0 Å². The Bertz CT molecular complexity index is 608. The average molecular weight is 292 g/mol. The van der Waals surface area contributed by atoms with Gasteiger partial charge in [-0.2, -0.15) is 5.10 Å². The summed E-state index contributed by atoms with van der Waals surface area (Å²) in [6, 6.07) is 6.52. The first-order valence-electron chi connectivity index (χ1n) is 7.21. The van der Waals surface area contributed by atoms with Gasteiger partial charge in [0.15, 0.2) is 0 Å². The minimum Gasteiger partial charge on any atom is -0.487 e. The lowest BCUT2D eigenvalue weighted by Crippen LogP contribution is -2.06. The minimum atomic E-state index is -0.826. The lowest BCUT2D eigenvalue weighted by molar-refractivity contribution is 0.193. The van der Waals surface area contributed by atoms with Crippen molar-refractivity contribution < 1.29 is 14.2 Å². The predicted octanol–water partition coefficient (Wildman–Crippen LogP) is 3.24. The van der Waals surface area contributed by atoms with Crippen LogP contribution in [0.5, 0.6) is 5.75 Å². The molecule has 1 aromatic heterocycles. The van der Waals surface area contributed by atoms with Crippen molar-refractivity contribution >= 4 is 0 Å². The van der Waals surface area contributed by atoms with Crippen molar-refractivity contribution in [2.45, 2.75) is 46.4 Å². The highest BCUT2D eigenvalue weighted by Gasteiger charge is 2.10. The maximum atomic E-state index is 13.8. The second-order valence-electron chi connectivity index (χ2n) is 4.94. The number of nitrogens with zero attached hydrogens (tertiary/aromatic N) is 2. The van der Waals surface area contributed by atoms with E-state index in [-0.39, 0.29) is 5.56 Å². The standard InChI is InChI=1S/C16H21FN2O2/c1-4-12-8-13(19(5-2)18-12)10-21-14-6-7-15(11(3)20)16(17)9-14/h6-9,11,20H,4-5,10H2,1-3H3/t11-/m1/s1. The molecule has 1 N–H and O–H groups in total. The lowest BCUT2D eigenvalue weighted by Gasteiger charge is -2.10. The lowest BCUT2D eigenvalue weighted by atomic mass is 10.1. The van der Waals surface area contributed by atoms with Crippen molar-refractivity contribution in [3.63, 3.8) is 0 Å². The van der Waals surface area contributed by atoms with Gasteiger partial charge in [-0.15, -0.1) is 0 Å². The number of rotatable bonds is 6. The zero-order valence-electron chi connectivity index (χ0n) is 12.6. The third kappa shape index (κ3) is 3.61. The van der Waals surface area contributed by atoms with Crippen LogP contribution < -0.4 is 4.74 Å². The molecule has 1 heterocycles. The summed E-state index contributed by atoms with van der Waals surface area (Å²) in [6.45, 7) is 6.72. The molecule has 21 heavy (non-hydrogen) atoms. The quantitative estimate of drug-likeness (QED) is 0.889. The second kappa shape index (κ2) is 6.72. The van der Waals surface area contributed by atoms with E-state index in [4.69, 9.17) is 4.74 Å². The van der Waals surface area contributed by atoms with Crippen LogP contribution in [0, 0.1) is 5.82 Å². The molecule has 1 atom stereocenters. The number of aliphatic hydroxyl groups is 1. The Morgan fingerprint density at radius 1 is 1.33 bits per heavy atom. The van der Waals surface area contributed by atoms with Crippen molar-refractivity contribution in [3.8, 4) is 5.75 Å². The van der Waals surface area contributed by atoms with Crippen LogP contribution in [0.2, 0.25) is 0 Å². The van der Waals surface area contributed by atoms with E-state index in [1.807, 2.05) is 17.7 Å². The van der Waals surface area contributed by atoms with Gasteiger partial charge in [0.05, 0.1) is 17.5 Å². The van der Waals surface area contributed by atoms with Gasteiger partial charge in [0.1, 0.15) is 18.2 Å². The third-order valence-corrected chi connectivity index (χ3v) is 3.38. The number of hydrogen-bond acceptors (Lipinski definition) is 3. The molecule has 114 valence electrons. The maximum Gasteiger partial charge on any atom is 0.132 e. The molecule has 2 rings (SSSR count). The van der Waals surface area contributed by atoms with E-state index in [1.54, 1.807) is 12.1 Å². The van der Waals surface area contributed by atoms with Crippen molar-refractivity contribution in [2.75, 3.05) is 0 Å². The summed E-state index contributed by atoms with van der Waals surface area (Å²) in [5.74, 6) is -0.0143. The Kier molecular flexibility index (Phi) is 4.96. The largest absolute Gasteiger partial charge is 0.487 e. The molecule has 0 radical (unpaired) electrons. The Morgan fingerprint density at radius 3 is 2.67 bits per heavy atom. The topological polar surface area (TPSA) is 47.3 Å². The van der Waals surface area contributed by atoms with Gasteiger partial charge < -0.3 is 9.84 Å². The summed E-state index contributed by atoms with van der Waals surface area (Å²) < 4.78 is 21.3. The molecule has 0 aliphatic carbocycles. The molecular formula is C16H21FN2O2. The van der Waals surface area contributed by atoms with Gasteiger partial charge in [-0.25, -0.2) is 4.39 Å². The van der Waals surface area contributed by atoms with Crippen molar-refractivity contribution in [2.24, 2.45) is 0 Å². The van der Waals surface area contributed by atoms with E-state index in [9.17, 15) is 9.50 Å². The maximum absolute atomic E-state index is 13.8. The van der Waals surface area contributed by atoms with Gasteiger partial charge in [0.25, 0.3) is 0 Å². The summed E-state index contributed by atoms with van der Waals surface area (Å²) in [5.41, 5.74) is 2.26. The molecule has 0 saturated carbocycles. The molecule has 0 unspecified atom stereocenters. The summed E-state index contributed by atoms with van der Waals surface area (Å²) in [5, 5.41) is 13.9. The summed E-state index contributed by atoms with van der Waals surface area (Å²) in [7, 11) is 0. The Balaban J connectivity index is 2.09. The first kappa shape index (κ1) is 15.5. The van der Waals surface area contributed by atoms with E-state index < -0.39 is 11.9 Å². The molecular weight excluding hydrogens is 271 g/mol. The first-order valence-corrected chi connectivity index (χ1v) is 7.21. The average Bonchev–Trinajstić information content (AvgIpc) is 2.87. The van der Waals surface area contributed by atoms with E-state index in [0.717, 1.165) is 24.4 Å². The van der Waals surface area contributed by atoms with E-state index in [0.29, 0.717) is 12.4 Å². The molecule has 0 bridgehead atoms. The van der Waals surface area contributed by atoms with E-state index >= 15 is 0 Å². The zero-order valence-corrected chi connectivity index (χ0v) is 12.6. The monoisotopic (exact) mass is 292 g/mol. The third-order valence-electron chi connectivity index (χ3n) is 3.38. The highest BCUT2D eigenvalue weighted by Crippen LogP contribution is 2.22. The minimum absolute atomic E-state index is 0.272. The SMILES string of the molecule is CCc1cc(COc2ccc([C@@H](C)O)c(F)c2)n(CC)n1. The fourth-order valence-corrected chi connectivity index (χ4v) is 2.17. The van der Waals surface area contributed by atoms with Crippen molar-refractivity contribution in [3.05, 3.63) is 47.0 Å². The molecule has 5 heteroatoms. The number of aromatic nitrogens is 2. The fraction of sp³-hybridized carbons (Fsp3) is 0.438. The first-order chi connectivity index (χ1) is 10.0. The normalized spacial score (nSPS) is 12.4. The van der Waals surface area contributed by atoms with Gasteiger partial charge in [-0.1, -0.05) is 6.92 Å². The van der Waals surface area contributed by atoms with Crippen molar-refractivity contribution in [1.82, 2.24) is 9.78 Å². The number of benzene rings is 1. The zero-order chi connectivity index (χ0) is 15.4. The van der Waals surface area contributed by atoms with Crippen LogP contribution in [0.25, 0.3) is 0 Å². The Hall–Kier alpha value is -1.88. The van der Waals surface area contributed by atoms with Gasteiger partial charge in [0, 0.05) is 18.2 Å².